The van der Waals surface area contributed by atoms with E-state index in [1.54, 1.807) is 12.4 Å². The first-order valence-corrected chi connectivity index (χ1v) is 8.28. The summed E-state index contributed by atoms with van der Waals surface area (Å²) < 4.78 is 56.6. The van der Waals surface area contributed by atoms with Gasteiger partial charge in [-0.1, -0.05) is 41.9 Å². The fourth-order valence-electron chi connectivity index (χ4n) is 2.76. The highest BCUT2D eigenvalue weighted by molar-refractivity contribution is 5.97. The number of fused-ring (bicyclic) bond motifs is 1. The third kappa shape index (κ3) is 3.36. The third-order valence-electron chi connectivity index (χ3n) is 4.37. The largest absolute Gasteiger partial charge is 0.331 e. The molecule has 0 aliphatic heterocycles. The summed E-state index contributed by atoms with van der Waals surface area (Å²) in [6, 6.07) is 2.75. The van der Waals surface area contributed by atoms with E-state index in [4.69, 9.17) is 9.60 Å². The van der Waals surface area contributed by atoms with Crippen molar-refractivity contribution in [3.63, 3.8) is 0 Å². The second-order valence-corrected chi connectivity index (χ2v) is 6.16. The van der Waals surface area contributed by atoms with Gasteiger partial charge in [-0.3, -0.25) is 4.79 Å². The van der Waals surface area contributed by atoms with E-state index in [-0.39, 0.29) is 12.2 Å². The average molecular weight is 363 g/mol. The molecule has 0 spiro atoms. The number of aromatic nitrogens is 4. The van der Waals surface area contributed by atoms with Crippen LogP contribution in [0.4, 0.5) is 0 Å². The van der Waals surface area contributed by atoms with Crippen LogP contribution in [0.2, 0.25) is 0 Å². The number of benzene rings is 2. The van der Waals surface area contributed by atoms with Crippen LogP contribution in [0.5, 0.6) is 0 Å². The molecule has 0 radical (unpaired) electrons. The first kappa shape index (κ1) is 10.7. The normalized spacial score (nSPS) is 15.3. The van der Waals surface area contributed by atoms with Crippen LogP contribution in [0.3, 0.4) is 0 Å². The van der Waals surface area contributed by atoms with E-state index >= 15 is 0 Å². The van der Waals surface area contributed by atoms with E-state index in [9.17, 15) is 4.79 Å². The lowest BCUT2D eigenvalue weighted by molar-refractivity contribution is 0.0991. The van der Waals surface area contributed by atoms with Gasteiger partial charge in [-0.15, -0.1) is 0 Å². The molecule has 0 bridgehead atoms. The van der Waals surface area contributed by atoms with Crippen LogP contribution in [0, 0.1) is 13.8 Å². The zero-order valence-corrected chi connectivity index (χ0v) is 14.8. The average Bonchev–Trinajstić information content (AvgIpc) is 3.09. The van der Waals surface area contributed by atoms with E-state index in [2.05, 4.69) is 15.0 Å². The molecule has 4 aromatic rings. The molecule has 0 amide bonds. The fourth-order valence-corrected chi connectivity index (χ4v) is 2.76. The summed E-state index contributed by atoms with van der Waals surface area (Å²) in [5.74, 6) is 0.271. The Hall–Kier alpha value is -3.34. The van der Waals surface area contributed by atoms with Crippen molar-refractivity contribution in [3.8, 4) is 11.3 Å². The summed E-state index contributed by atoms with van der Waals surface area (Å²) in [5.41, 5.74) is 1.18. The Bertz CT molecular complexity index is 1430. The Morgan fingerprint density at radius 3 is 2.70 bits per heavy atom. The van der Waals surface area contributed by atoms with Gasteiger partial charge in [0.25, 0.3) is 0 Å². The molecule has 0 saturated carbocycles. The van der Waals surface area contributed by atoms with E-state index in [0.717, 1.165) is 22.5 Å². The van der Waals surface area contributed by atoms with Crippen LogP contribution in [-0.2, 0) is 13.5 Å². The molecule has 2 aromatic carbocycles. The Balaban J connectivity index is 1.72. The highest BCUT2D eigenvalue weighted by atomic mass is 16.1. The number of hydrogen-bond acceptors (Lipinski definition) is 4. The molecule has 0 saturated heterocycles. The molecular weight excluding hydrogens is 336 g/mol. The van der Waals surface area contributed by atoms with E-state index < -0.39 is 47.9 Å². The highest BCUT2D eigenvalue weighted by Gasteiger charge is 2.11. The van der Waals surface area contributed by atoms with Crippen molar-refractivity contribution in [1.29, 1.82) is 0 Å². The third-order valence-corrected chi connectivity index (χ3v) is 4.37. The van der Waals surface area contributed by atoms with E-state index in [0.29, 0.717) is 5.52 Å². The minimum absolute atomic E-state index is 0.146. The predicted molar refractivity (Wildman–Crippen MR) is 106 cm³/mol. The van der Waals surface area contributed by atoms with Crippen molar-refractivity contribution in [2.45, 2.75) is 20.2 Å². The Labute approximate surface area is 167 Å². The number of nitrogens with zero attached hydrogens (tertiary/aromatic N) is 4. The molecular formula is C22H20N4O. The van der Waals surface area contributed by atoms with Gasteiger partial charge in [-0.2, -0.15) is 0 Å². The zero-order chi connectivity index (χ0) is 24.9. The van der Waals surface area contributed by atoms with Gasteiger partial charge < -0.3 is 4.57 Å². The van der Waals surface area contributed by atoms with Crippen LogP contribution >= 0.6 is 0 Å². The first-order chi connectivity index (χ1) is 15.9. The molecule has 0 unspecified atom stereocenters. The monoisotopic (exact) mass is 363 g/mol. The van der Waals surface area contributed by atoms with Gasteiger partial charge in [-0.25, -0.2) is 15.0 Å². The summed E-state index contributed by atoms with van der Waals surface area (Å²) in [7, 11) is 1.90. The minimum Gasteiger partial charge on any atom is -0.331 e. The van der Waals surface area contributed by atoms with Gasteiger partial charge in [0.1, 0.15) is 11.6 Å². The summed E-state index contributed by atoms with van der Waals surface area (Å²) in [4.78, 5) is 25.9. The first-order valence-electron chi connectivity index (χ1n) is 11.8. The lowest BCUT2D eigenvalue weighted by Crippen LogP contribution is -2.07. The van der Waals surface area contributed by atoms with Crippen molar-refractivity contribution in [3.05, 3.63) is 77.5 Å². The van der Waals surface area contributed by atoms with Crippen LogP contribution < -0.4 is 0 Å². The highest BCUT2D eigenvalue weighted by Crippen LogP contribution is 2.23. The number of Topliss-reactive ketones (excluding diaryl/α,β-unsaturated/α-hetero) is 1. The summed E-state index contributed by atoms with van der Waals surface area (Å²) >= 11 is 0. The van der Waals surface area contributed by atoms with E-state index in [1.807, 2.05) is 36.7 Å². The standard InChI is InChI=1S/C22H20N4O/c1-14-4-6-16(7-5-14)21(27)11-22-24-12-18-9-8-17(10-19(18)25-22)20-13-23-15(2)26(20)3/h4-10,12-13H,11H2,1-3H3/i1D3,4D,5D,6D,7D. The molecule has 27 heavy (non-hydrogen) atoms. The minimum atomic E-state index is -2.84. The molecule has 134 valence electrons. The molecule has 0 N–H and O–H groups in total. The number of aryl methyl sites for hydroxylation is 1. The fraction of sp³-hybridized carbons (Fsp3) is 0.182. The molecule has 0 aliphatic carbocycles. The van der Waals surface area contributed by atoms with Gasteiger partial charge in [0.2, 0.25) is 0 Å². The Kier molecular flexibility index (Phi) is 2.68. The number of ketones is 1. The number of hydrogen-bond donors (Lipinski definition) is 0. The van der Waals surface area contributed by atoms with Crippen LogP contribution in [0.25, 0.3) is 22.2 Å². The molecule has 0 aliphatic rings. The molecule has 2 aromatic heterocycles. The number of imidazole rings is 1. The molecule has 0 fully saturated rings. The molecule has 4 rings (SSSR count). The van der Waals surface area contributed by atoms with Crippen molar-refractivity contribution in [2.24, 2.45) is 7.05 Å². The lowest BCUT2D eigenvalue weighted by Gasteiger charge is -2.07. The maximum absolute atomic E-state index is 13.0. The Morgan fingerprint density at radius 2 is 2.00 bits per heavy atom. The van der Waals surface area contributed by atoms with Gasteiger partial charge in [0.05, 0.1) is 29.3 Å². The molecule has 2 heterocycles. The van der Waals surface area contributed by atoms with Gasteiger partial charge in [0, 0.05) is 33.9 Å². The van der Waals surface area contributed by atoms with Crippen molar-refractivity contribution in [2.75, 3.05) is 0 Å². The SMILES string of the molecule is [2H]c1c([2H])c(C([2H])([2H])[2H])c([2H])c([2H])c1C(=O)Cc1ncc2ccc(-c3cnc(C)n3C)cc2n1. The predicted octanol–water partition coefficient (Wildman–Crippen LogP) is 4.07. The second-order valence-electron chi connectivity index (χ2n) is 6.16. The summed E-state index contributed by atoms with van der Waals surface area (Å²) in [5, 5.41) is 0.755. The number of rotatable bonds is 4. The van der Waals surface area contributed by atoms with Gasteiger partial charge in [0.15, 0.2) is 5.78 Å². The van der Waals surface area contributed by atoms with Crippen molar-refractivity contribution in [1.82, 2.24) is 19.5 Å². The zero-order valence-electron chi connectivity index (χ0n) is 21.8. The van der Waals surface area contributed by atoms with E-state index in [1.165, 1.54) is 0 Å². The quantitative estimate of drug-likeness (QED) is 0.513. The molecule has 5 nitrogen and oxygen atoms in total. The summed E-state index contributed by atoms with van der Waals surface area (Å²) in [6.45, 7) is -0.945. The summed E-state index contributed by atoms with van der Waals surface area (Å²) in [6.07, 6.45) is 2.96. The van der Waals surface area contributed by atoms with Crippen LogP contribution in [0.15, 0.2) is 54.8 Å². The smallest absolute Gasteiger partial charge is 0.170 e. The molecule has 0 atom stereocenters. The van der Waals surface area contributed by atoms with Gasteiger partial charge >= 0.3 is 0 Å². The lowest BCUT2D eigenvalue weighted by atomic mass is 10.1. The topological polar surface area (TPSA) is 60.7 Å². The van der Waals surface area contributed by atoms with Gasteiger partial charge in [-0.05, 0) is 19.8 Å². The van der Waals surface area contributed by atoms with Crippen LogP contribution in [-0.4, -0.2) is 25.3 Å². The van der Waals surface area contributed by atoms with Crippen LogP contribution in [0.1, 0.15) is 37.2 Å². The maximum atomic E-state index is 13.0. The van der Waals surface area contributed by atoms with Crippen molar-refractivity contribution < 1.29 is 14.4 Å². The molecule has 5 heteroatoms. The van der Waals surface area contributed by atoms with Crippen molar-refractivity contribution >= 4 is 16.7 Å². The second kappa shape index (κ2) is 6.76. The maximum Gasteiger partial charge on any atom is 0.170 e. The number of carbonyl (C=O) groups is 1. The Morgan fingerprint density at radius 1 is 1.19 bits per heavy atom. The number of carbonyl (C=O) groups excluding carboxylic acids is 1.